The van der Waals surface area contributed by atoms with Gasteiger partial charge in [-0.3, -0.25) is 9.48 Å². The summed E-state index contributed by atoms with van der Waals surface area (Å²) in [5.74, 6) is 1.30. The van der Waals surface area contributed by atoms with Gasteiger partial charge in [-0.25, -0.2) is 0 Å². The molecule has 0 N–H and O–H groups in total. The van der Waals surface area contributed by atoms with Crippen molar-refractivity contribution in [2.45, 2.75) is 13.2 Å². The summed E-state index contributed by atoms with van der Waals surface area (Å²) in [5, 5.41) is 4.79. The fourth-order valence-corrected chi connectivity index (χ4v) is 2.95. The summed E-state index contributed by atoms with van der Waals surface area (Å²) >= 11 is 9.27. The van der Waals surface area contributed by atoms with Gasteiger partial charge in [0.2, 0.25) is 0 Å². The lowest BCUT2D eigenvalue weighted by atomic mass is 10.3. The number of furan rings is 1. The molecule has 8 heteroatoms. The second kappa shape index (κ2) is 7.97. The van der Waals surface area contributed by atoms with Crippen molar-refractivity contribution in [2.75, 3.05) is 7.05 Å². The number of carbonyl (C=O) groups is 1. The Morgan fingerprint density at radius 1 is 1.31 bits per heavy atom. The standard InChI is InChI=1S/C18H17BrClN3O3/c1-22(10-16-15(19)9-21-23(16)2)18(24)17-8-7-14(26-17)11-25-13-5-3-12(20)4-6-13/h3-9H,10-11H2,1-2H3. The number of nitrogens with zero attached hydrogens (tertiary/aromatic N) is 3. The number of halogens is 2. The van der Waals surface area contributed by atoms with Crippen LogP contribution in [-0.4, -0.2) is 27.6 Å². The minimum Gasteiger partial charge on any atom is -0.486 e. The molecule has 0 aliphatic rings. The van der Waals surface area contributed by atoms with Gasteiger partial charge in [0, 0.05) is 19.1 Å². The number of hydrogen-bond acceptors (Lipinski definition) is 4. The lowest BCUT2D eigenvalue weighted by molar-refractivity contribution is 0.0746. The number of hydrogen-bond donors (Lipinski definition) is 0. The Labute approximate surface area is 164 Å². The highest BCUT2D eigenvalue weighted by molar-refractivity contribution is 9.10. The Hall–Kier alpha value is -2.25. The van der Waals surface area contributed by atoms with Gasteiger partial charge in [-0.1, -0.05) is 11.6 Å². The number of ether oxygens (including phenoxy) is 1. The molecule has 136 valence electrons. The lowest BCUT2D eigenvalue weighted by Gasteiger charge is -2.16. The second-order valence-corrected chi connectivity index (χ2v) is 7.02. The van der Waals surface area contributed by atoms with Crippen LogP contribution < -0.4 is 4.74 Å². The van der Waals surface area contributed by atoms with Gasteiger partial charge in [0.15, 0.2) is 5.76 Å². The van der Waals surface area contributed by atoms with E-state index in [4.69, 9.17) is 20.8 Å². The van der Waals surface area contributed by atoms with Gasteiger partial charge >= 0.3 is 0 Å². The van der Waals surface area contributed by atoms with E-state index in [1.54, 1.807) is 59.2 Å². The van der Waals surface area contributed by atoms with Crippen LogP contribution in [0, 0.1) is 0 Å². The smallest absolute Gasteiger partial charge is 0.289 e. The summed E-state index contributed by atoms with van der Waals surface area (Å²) < 4.78 is 13.8. The molecule has 0 saturated carbocycles. The molecular weight excluding hydrogens is 422 g/mol. The molecule has 6 nitrogen and oxygen atoms in total. The Morgan fingerprint density at radius 3 is 2.69 bits per heavy atom. The molecule has 3 rings (SSSR count). The normalized spacial score (nSPS) is 10.8. The van der Waals surface area contributed by atoms with Gasteiger partial charge in [-0.15, -0.1) is 0 Å². The molecule has 1 amide bonds. The maximum atomic E-state index is 12.6. The molecule has 26 heavy (non-hydrogen) atoms. The molecule has 1 aromatic carbocycles. The average Bonchev–Trinajstić information content (AvgIpc) is 3.22. The van der Waals surface area contributed by atoms with E-state index in [1.165, 1.54) is 0 Å². The summed E-state index contributed by atoms with van der Waals surface area (Å²) in [7, 11) is 3.55. The van der Waals surface area contributed by atoms with Gasteiger partial charge in [0.1, 0.15) is 18.1 Å². The van der Waals surface area contributed by atoms with Gasteiger partial charge in [0.25, 0.3) is 5.91 Å². The maximum absolute atomic E-state index is 12.6. The monoisotopic (exact) mass is 437 g/mol. The molecule has 0 aliphatic heterocycles. The molecular formula is C18H17BrClN3O3. The summed E-state index contributed by atoms with van der Waals surface area (Å²) in [6.07, 6.45) is 1.70. The Kier molecular flexibility index (Phi) is 5.68. The van der Waals surface area contributed by atoms with E-state index in [0.29, 0.717) is 23.1 Å². The number of carbonyl (C=O) groups excluding carboxylic acids is 1. The fourth-order valence-electron chi connectivity index (χ4n) is 2.35. The van der Waals surface area contributed by atoms with Crippen LogP contribution in [0.25, 0.3) is 0 Å². The van der Waals surface area contributed by atoms with Crippen LogP contribution in [-0.2, 0) is 20.2 Å². The topological polar surface area (TPSA) is 60.5 Å². The van der Waals surface area contributed by atoms with E-state index in [-0.39, 0.29) is 18.3 Å². The van der Waals surface area contributed by atoms with E-state index in [2.05, 4.69) is 21.0 Å². The quantitative estimate of drug-likeness (QED) is 0.576. The third-order valence-corrected chi connectivity index (χ3v) is 4.73. The van der Waals surface area contributed by atoms with Gasteiger partial charge in [0.05, 0.1) is 22.9 Å². The van der Waals surface area contributed by atoms with E-state index in [1.807, 2.05) is 7.05 Å². The number of amides is 1. The average molecular weight is 439 g/mol. The van der Waals surface area contributed by atoms with Crippen LogP contribution >= 0.6 is 27.5 Å². The molecule has 0 bridgehead atoms. The zero-order chi connectivity index (χ0) is 18.7. The molecule has 0 fully saturated rings. The van der Waals surface area contributed by atoms with Crippen molar-refractivity contribution in [1.29, 1.82) is 0 Å². The molecule has 2 aromatic heterocycles. The first-order valence-electron chi connectivity index (χ1n) is 7.83. The first kappa shape index (κ1) is 18.5. The first-order valence-corrected chi connectivity index (χ1v) is 9.00. The van der Waals surface area contributed by atoms with Crippen molar-refractivity contribution in [2.24, 2.45) is 7.05 Å². The summed E-state index contributed by atoms with van der Waals surface area (Å²) in [6.45, 7) is 0.638. The SMILES string of the molecule is CN(Cc1c(Br)cnn1C)C(=O)c1ccc(COc2ccc(Cl)cc2)o1. The van der Waals surface area contributed by atoms with Crippen LogP contribution in [0.15, 0.2) is 51.5 Å². The largest absolute Gasteiger partial charge is 0.486 e. The van der Waals surface area contributed by atoms with Crippen molar-refractivity contribution in [3.63, 3.8) is 0 Å². The minimum absolute atomic E-state index is 0.212. The first-order chi connectivity index (χ1) is 12.4. The Bertz CT molecular complexity index is 885. The van der Waals surface area contributed by atoms with Crippen LogP contribution in [0.5, 0.6) is 5.75 Å². The van der Waals surface area contributed by atoms with E-state index >= 15 is 0 Å². The Balaban J connectivity index is 1.61. The highest BCUT2D eigenvalue weighted by Crippen LogP contribution is 2.20. The molecule has 0 atom stereocenters. The molecule has 0 unspecified atom stereocenters. The van der Waals surface area contributed by atoms with Crippen molar-refractivity contribution in [1.82, 2.24) is 14.7 Å². The summed E-state index contributed by atoms with van der Waals surface area (Å²) in [5.41, 5.74) is 0.902. The zero-order valence-corrected chi connectivity index (χ0v) is 16.6. The summed E-state index contributed by atoms with van der Waals surface area (Å²) in [4.78, 5) is 14.1. The molecule has 3 aromatic rings. The van der Waals surface area contributed by atoms with Crippen LogP contribution in [0.2, 0.25) is 5.02 Å². The Morgan fingerprint density at radius 2 is 2.04 bits per heavy atom. The molecule has 0 spiro atoms. The van der Waals surface area contributed by atoms with Crippen LogP contribution in [0.3, 0.4) is 0 Å². The van der Waals surface area contributed by atoms with Crippen molar-refractivity contribution >= 4 is 33.4 Å². The third-order valence-electron chi connectivity index (χ3n) is 3.81. The van der Waals surface area contributed by atoms with Gasteiger partial charge < -0.3 is 14.1 Å². The molecule has 0 saturated heterocycles. The van der Waals surface area contributed by atoms with Gasteiger partial charge in [-0.2, -0.15) is 5.10 Å². The van der Waals surface area contributed by atoms with E-state index in [9.17, 15) is 4.79 Å². The zero-order valence-electron chi connectivity index (χ0n) is 14.3. The van der Waals surface area contributed by atoms with Crippen molar-refractivity contribution < 1.29 is 13.9 Å². The van der Waals surface area contributed by atoms with Gasteiger partial charge in [-0.05, 0) is 52.3 Å². The highest BCUT2D eigenvalue weighted by atomic mass is 79.9. The minimum atomic E-state index is -0.212. The number of rotatable bonds is 6. The summed E-state index contributed by atoms with van der Waals surface area (Å²) in [6, 6.07) is 10.4. The van der Waals surface area contributed by atoms with Crippen molar-refractivity contribution in [3.8, 4) is 5.75 Å². The predicted molar refractivity (Wildman–Crippen MR) is 101 cm³/mol. The maximum Gasteiger partial charge on any atom is 0.289 e. The van der Waals surface area contributed by atoms with Crippen LogP contribution in [0.4, 0.5) is 0 Å². The lowest BCUT2D eigenvalue weighted by Crippen LogP contribution is -2.27. The molecule has 2 heterocycles. The van der Waals surface area contributed by atoms with E-state index < -0.39 is 0 Å². The number of aromatic nitrogens is 2. The predicted octanol–water partition coefficient (Wildman–Crippen LogP) is 4.28. The van der Waals surface area contributed by atoms with E-state index in [0.717, 1.165) is 10.2 Å². The molecule has 0 aliphatic carbocycles. The van der Waals surface area contributed by atoms with Crippen LogP contribution in [0.1, 0.15) is 22.0 Å². The van der Waals surface area contributed by atoms with Crippen molar-refractivity contribution in [3.05, 3.63) is 69.3 Å². The molecule has 0 radical (unpaired) electrons. The third kappa shape index (κ3) is 4.28. The number of benzene rings is 1. The number of aryl methyl sites for hydroxylation is 1. The second-order valence-electron chi connectivity index (χ2n) is 5.73. The highest BCUT2D eigenvalue weighted by Gasteiger charge is 2.19. The fraction of sp³-hybridized carbons (Fsp3) is 0.222.